The van der Waals surface area contributed by atoms with Gasteiger partial charge in [0.2, 0.25) is 5.91 Å². The summed E-state index contributed by atoms with van der Waals surface area (Å²) < 4.78 is 23.7. The molecule has 0 bridgehead atoms. The molecule has 5 N–H and O–H groups in total. The highest BCUT2D eigenvalue weighted by Crippen LogP contribution is 2.31. The summed E-state index contributed by atoms with van der Waals surface area (Å²) in [5.74, 6) is 0.674. The van der Waals surface area contributed by atoms with Gasteiger partial charge in [-0.15, -0.1) is 0 Å². The van der Waals surface area contributed by atoms with Crippen LogP contribution in [0.4, 0.5) is 5.82 Å². The van der Waals surface area contributed by atoms with Gasteiger partial charge in [-0.25, -0.2) is 29.6 Å². The van der Waals surface area contributed by atoms with Gasteiger partial charge >= 0.3 is 0 Å². The van der Waals surface area contributed by atoms with Crippen LogP contribution in [0.1, 0.15) is 35.4 Å². The molecule has 17 nitrogen and oxygen atoms in total. The van der Waals surface area contributed by atoms with Crippen LogP contribution in [0.25, 0.3) is 33.3 Å². The number of nitrogens with one attached hydrogen (secondary N) is 3. The molecule has 0 unspecified atom stereocenters. The fourth-order valence-corrected chi connectivity index (χ4v) is 4.94. The SMILES string of the molecule is Cc1ncc(C(=O)NCCOCCOCCOCCOCCC(=O)NCCCCn2nc(-c3cnc4[nH]ccc4c3)c3c(N)ncnc32)cn1. The molecule has 50 heavy (non-hydrogen) atoms. The average Bonchev–Trinajstić information content (AvgIpc) is 3.75. The van der Waals surface area contributed by atoms with E-state index in [0.717, 1.165) is 29.4 Å². The largest absolute Gasteiger partial charge is 0.383 e. The van der Waals surface area contributed by atoms with Crippen molar-refractivity contribution in [2.24, 2.45) is 0 Å². The topological polar surface area (TPSA) is 219 Å². The lowest BCUT2D eigenvalue weighted by Crippen LogP contribution is -2.28. The van der Waals surface area contributed by atoms with Gasteiger partial charge < -0.3 is 40.3 Å². The molecule has 0 atom stereocenters. The first kappa shape index (κ1) is 36.2. The Kier molecular flexibility index (Phi) is 13.9. The number of H-pyrrole nitrogens is 1. The van der Waals surface area contributed by atoms with E-state index in [2.05, 4.69) is 40.5 Å². The highest BCUT2D eigenvalue weighted by molar-refractivity contribution is 5.99. The van der Waals surface area contributed by atoms with E-state index in [0.29, 0.717) is 106 Å². The van der Waals surface area contributed by atoms with Crippen LogP contribution in [0.5, 0.6) is 0 Å². The Labute approximate surface area is 288 Å². The number of aromatic nitrogens is 8. The number of hydrogen-bond acceptors (Lipinski definition) is 13. The van der Waals surface area contributed by atoms with Gasteiger partial charge in [0.25, 0.3) is 5.91 Å². The molecule has 0 saturated heterocycles. The van der Waals surface area contributed by atoms with E-state index in [1.807, 2.05) is 23.0 Å². The van der Waals surface area contributed by atoms with E-state index in [1.54, 1.807) is 13.1 Å². The summed E-state index contributed by atoms with van der Waals surface area (Å²) in [6, 6.07) is 3.97. The number of hydrogen-bond donors (Lipinski definition) is 4. The first-order valence-electron chi connectivity index (χ1n) is 16.5. The van der Waals surface area contributed by atoms with Crippen molar-refractivity contribution in [1.29, 1.82) is 0 Å². The molecule has 0 fully saturated rings. The van der Waals surface area contributed by atoms with E-state index >= 15 is 0 Å². The van der Waals surface area contributed by atoms with Crippen LogP contribution in [-0.2, 0) is 30.3 Å². The van der Waals surface area contributed by atoms with Gasteiger partial charge in [-0.2, -0.15) is 5.10 Å². The minimum atomic E-state index is -0.240. The second-order valence-corrected chi connectivity index (χ2v) is 11.2. The van der Waals surface area contributed by atoms with Gasteiger partial charge in [0.15, 0.2) is 5.65 Å². The quantitative estimate of drug-likeness (QED) is 0.0763. The monoisotopic (exact) mass is 689 g/mol. The lowest BCUT2D eigenvalue weighted by Gasteiger charge is -2.08. The van der Waals surface area contributed by atoms with Gasteiger partial charge in [-0.3, -0.25) is 9.59 Å². The molecule has 5 aromatic heterocycles. The van der Waals surface area contributed by atoms with Gasteiger partial charge in [0.05, 0.1) is 63.8 Å². The molecule has 0 aliphatic rings. The Bertz CT molecular complexity index is 1810. The van der Waals surface area contributed by atoms with Crippen LogP contribution in [0.15, 0.2) is 43.2 Å². The molecule has 0 spiro atoms. The second kappa shape index (κ2) is 19.2. The number of fused-ring (bicyclic) bond motifs is 2. The number of carbonyl (C=O) groups is 2. The number of anilines is 1. The maximum Gasteiger partial charge on any atom is 0.254 e. The number of pyridine rings is 1. The summed E-state index contributed by atoms with van der Waals surface area (Å²) in [6.07, 6.45) is 9.85. The molecular weight excluding hydrogens is 646 g/mol. The first-order chi connectivity index (χ1) is 24.5. The zero-order valence-corrected chi connectivity index (χ0v) is 28.1. The third-order valence-corrected chi connectivity index (χ3v) is 7.52. The van der Waals surface area contributed by atoms with E-state index in [-0.39, 0.29) is 18.2 Å². The Morgan fingerprint density at radius 3 is 2.32 bits per heavy atom. The molecule has 266 valence electrons. The van der Waals surface area contributed by atoms with Gasteiger partial charge in [0.1, 0.15) is 29.3 Å². The van der Waals surface area contributed by atoms with Crippen LogP contribution in [0.2, 0.25) is 0 Å². The molecule has 0 aliphatic carbocycles. The molecule has 0 radical (unpaired) electrons. The Morgan fingerprint density at radius 1 is 0.840 bits per heavy atom. The van der Waals surface area contributed by atoms with Crippen molar-refractivity contribution < 1.29 is 28.5 Å². The number of aromatic amines is 1. The van der Waals surface area contributed by atoms with Crippen LogP contribution in [-0.4, -0.2) is 117 Å². The fourth-order valence-electron chi connectivity index (χ4n) is 4.94. The molecule has 0 aliphatic heterocycles. The lowest BCUT2D eigenvalue weighted by atomic mass is 10.1. The third kappa shape index (κ3) is 10.7. The number of amides is 2. The minimum Gasteiger partial charge on any atom is -0.383 e. The number of aryl methyl sites for hydroxylation is 2. The van der Waals surface area contributed by atoms with Crippen molar-refractivity contribution in [3.8, 4) is 11.3 Å². The summed E-state index contributed by atoms with van der Waals surface area (Å²) in [5, 5.41) is 12.2. The molecule has 17 heteroatoms. The van der Waals surface area contributed by atoms with E-state index < -0.39 is 0 Å². The summed E-state index contributed by atoms with van der Waals surface area (Å²) in [7, 11) is 0. The average molecular weight is 690 g/mol. The number of carbonyl (C=O) groups excluding carboxylic acids is 2. The fraction of sp³-hybridized carbons (Fsp3) is 0.455. The summed E-state index contributed by atoms with van der Waals surface area (Å²) in [6.45, 7) is 6.46. The number of rotatable bonds is 22. The van der Waals surface area contributed by atoms with Crippen LogP contribution in [0.3, 0.4) is 0 Å². The predicted molar refractivity (Wildman–Crippen MR) is 184 cm³/mol. The second-order valence-electron chi connectivity index (χ2n) is 11.2. The summed E-state index contributed by atoms with van der Waals surface area (Å²) >= 11 is 0. The summed E-state index contributed by atoms with van der Waals surface area (Å²) in [5.41, 5.74) is 9.63. The number of nitrogens with two attached hydrogens (primary N) is 1. The smallest absolute Gasteiger partial charge is 0.254 e. The van der Waals surface area contributed by atoms with Crippen molar-refractivity contribution in [2.75, 3.05) is 71.7 Å². The molecule has 5 aromatic rings. The van der Waals surface area contributed by atoms with Crippen molar-refractivity contribution in [3.63, 3.8) is 0 Å². The molecular formula is C33H43N11O6. The van der Waals surface area contributed by atoms with E-state index in [1.165, 1.54) is 18.7 Å². The molecule has 2 amide bonds. The van der Waals surface area contributed by atoms with Crippen molar-refractivity contribution in [2.45, 2.75) is 32.7 Å². The highest BCUT2D eigenvalue weighted by Gasteiger charge is 2.18. The Hall–Kier alpha value is -5.10. The molecule has 5 rings (SSSR count). The highest BCUT2D eigenvalue weighted by atomic mass is 16.6. The van der Waals surface area contributed by atoms with Gasteiger partial charge in [-0.1, -0.05) is 0 Å². The summed E-state index contributed by atoms with van der Waals surface area (Å²) in [4.78, 5) is 48.4. The predicted octanol–water partition coefficient (Wildman–Crippen LogP) is 1.83. The first-order valence-corrected chi connectivity index (χ1v) is 16.5. The van der Waals surface area contributed by atoms with Gasteiger partial charge in [0, 0.05) is 61.8 Å². The zero-order chi connectivity index (χ0) is 35.0. The van der Waals surface area contributed by atoms with Crippen molar-refractivity contribution >= 4 is 39.7 Å². The Morgan fingerprint density at radius 2 is 1.56 bits per heavy atom. The number of nitrogen functional groups attached to an aromatic ring is 1. The number of nitrogens with zero attached hydrogens (tertiary/aromatic N) is 7. The van der Waals surface area contributed by atoms with Crippen LogP contribution >= 0.6 is 0 Å². The number of unbranched alkanes of at least 4 members (excludes halogenated alkanes) is 1. The van der Waals surface area contributed by atoms with Crippen molar-refractivity contribution in [1.82, 2.24) is 50.3 Å². The van der Waals surface area contributed by atoms with Gasteiger partial charge in [-0.05, 0) is 31.9 Å². The third-order valence-electron chi connectivity index (χ3n) is 7.52. The number of ether oxygens (including phenoxy) is 4. The van der Waals surface area contributed by atoms with Crippen molar-refractivity contribution in [3.05, 3.63) is 54.6 Å². The molecule has 0 saturated carbocycles. The molecule has 0 aromatic carbocycles. The normalized spacial score (nSPS) is 11.4. The van der Waals surface area contributed by atoms with E-state index in [9.17, 15) is 9.59 Å². The molecule has 5 heterocycles. The zero-order valence-electron chi connectivity index (χ0n) is 28.1. The minimum absolute atomic E-state index is 0.0650. The van der Waals surface area contributed by atoms with Crippen LogP contribution < -0.4 is 16.4 Å². The lowest BCUT2D eigenvalue weighted by molar-refractivity contribution is -0.122. The maximum atomic E-state index is 12.2. The maximum absolute atomic E-state index is 12.2. The van der Waals surface area contributed by atoms with E-state index in [4.69, 9.17) is 29.8 Å². The van der Waals surface area contributed by atoms with Crippen LogP contribution in [0, 0.1) is 6.92 Å². The standard InChI is InChI=1S/C33H43N11O6/c1-23-38-20-26(21-39-23)33(46)37-8-11-48-13-15-50-17-16-49-14-12-47-10-5-27(45)35-6-2-3-9-44-32-28(30(34)41-22-42-32)29(43-44)25-18-24-4-7-36-31(24)40-19-25/h4,7,18-22H,2-3,5-6,8-17H2,1H3,(H,35,45)(H,36,40)(H,37,46)(H2,34,41,42). The Balaban J connectivity index is 0.844.